The second kappa shape index (κ2) is 6.98. The highest BCUT2D eigenvalue weighted by Gasteiger charge is 2.45. The van der Waals surface area contributed by atoms with Crippen LogP contribution in [0.2, 0.25) is 0 Å². The number of rotatable bonds is 6. The van der Waals surface area contributed by atoms with Gasteiger partial charge in [0, 0.05) is 6.54 Å². The van der Waals surface area contributed by atoms with Crippen LogP contribution >= 0.6 is 11.8 Å². The lowest BCUT2D eigenvalue weighted by molar-refractivity contribution is -0.757. The van der Waals surface area contributed by atoms with Crippen LogP contribution in [-0.2, 0) is 9.63 Å². The maximum absolute atomic E-state index is 12.3. The van der Waals surface area contributed by atoms with Crippen molar-refractivity contribution in [2.24, 2.45) is 5.73 Å². The third-order valence-corrected chi connectivity index (χ3v) is 5.24. The molecule has 1 heterocycles. The first-order valence-electron chi connectivity index (χ1n) is 7.50. The molecule has 1 aliphatic rings. The molecular weight excluding hydrogens is 346 g/mol. The molecule has 25 heavy (non-hydrogen) atoms. The molecule has 0 spiro atoms. The molecule has 130 valence electrons. The molecule has 2 aromatic carbocycles. The number of hydrogen-bond acceptors (Lipinski definition) is 6. The van der Waals surface area contributed by atoms with Crippen LogP contribution in [0.5, 0.6) is 0 Å². The Morgan fingerprint density at radius 1 is 1.28 bits per heavy atom. The molecule has 2 unspecified atom stereocenters. The highest BCUT2D eigenvalue weighted by molar-refractivity contribution is 8.14. The van der Waals surface area contributed by atoms with E-state index in [4.69, 9.17) is 5.73 Å². The fraction of sp³-hybridized carbons (Fsp3) is 0.250. The molecule has 1 aliphatic heterocycles. The van der Waals surface area contributed by atoms with E-state index in [0.29, 0.717) is 0 Å². The topological polar surface area (TPSA) is 116 Å². The number of carbonyl (C=O) groups is 2. The molecule has 2 amide bonds. The monoisotopic (exact) mass is 361 g/mol. The van der Waals surface area contributed by atoms with Gasteiger partial charge in [-0.15, -0.1) is 10.1 Å². The summed E-state index contributed by atoms with van der Waals surface area (Å²) in [5, 5.41) is 10.4. The van der Waals surface area contributed by atoms with Gasteiger partial charge in [-0.1, -0.05) is 54.2 Å². The van der Waals surface area contributed by atoms with Crippen molar-refractivity contribution in [2.75, 3.05) is 13.2 Å². The van der Waals surface area contributed by atoms with Crippen molar-refractivity contribution in [1.29, 1.82) is 0 Å². The fourth-order valence-electron chi connectivity index (χ4n) is 3.00. The van der Waals surface area contributed by atoms with Crippen LogP contribution in [0.15, 0.2) is 42.5 Å². The zero-order valence-electron chi connectivity index (χ0n) is 13.0. The van der Waals surface area contributed by atoms with Gasteiger partial charge in [-0.25, -0.2) is 0 Å². The van der Waals surface area contributed by atoms with E-state index in [2.05, 4.69) is 4.84 Å². The van der Waals surface area contributed by atoms with E-state index in [9.17, 15) is 19.7 Å². The summed E-state index contributed by atoms with van der Waals surface area (Å²) in [6.07, 6.45) is 0. The second-order valence-electron chi connectivity index (χ2n) is 5.47. The van der Waals surface area contributed by atoms with Crippen molar-refractivity contribution in [1.82, 2.24) is 4.90 Å². The number of amides is 2. The number of benzene rings is 2. The summed E-state index contributed by atoms with van der Waals surface area (Å²) in [7, 11) is 0. The molecule has 9 heteroatoms. The van der Waals surface area contributed by atoms with E-state index in [1.165, 1.54) is 4.90 Å². The van der Waals surface area contributed by atoms with Crippen LogP contribution in [0, 0.1) is 10.1 Å². The fourth-order valence-corrected chi connectivity index (χ4v) is 4.30. The van der Waals surface area contributed by atoms with Crippen molar-refractivity contribution < 1.29 is 19.5 Å². The minimum atomic E-state index is -0.935. The van der Waals surface area contributed by atoms with Gasteiger partial charge in [0.15, 0.2) is 0 Å². The standard InChI is InChI=1S/C16H15N3O5S/c17-15(20)13-14(25-16(21)18(13)8-9-24-19(22)23)12-7-3-5-10-4-1-2-6-11(10)12/h1-7,13-14H,8-9H2,(H2,17,20). The molecule has 2 N–H and O–H groups in total. The summed E-state index contributed by atoms with van der Waals surface area (Å²) < 4.78 is 0. The van der Waals surface area contributed by atoms with E-state index < -0.39 is 22.3 Å². The molecule has 0 aliphatic carbocycles. The van der Waals surface area contributed by atoms with E-state index >= 15 is 0 Å². The van der Waals surface area contributed by atoms with Gasteiger partial charge in [0.05, 0.1) is 5.25 Å². The predicted molar refractivity (Wildman–Crippen MR) is 92.3 cm³/mol. The highest BCUT2D eigenvalue weighted by atomic mass is 32.2. The number of nitrogens with zero attached hydrogens (tertiary/aromatic N) is 2. The first-order chi connectivity index (χ1) is 12.0. The Hall–Kier alpha value is -2.81. The second-order valence-corrected chi connectivity index (χ2v) is 6.56. The van der Waals surface area contributed by atoms with Crippen LogP contribution in [0.3, 0.4) is 0 Å². The average molecular weight is 361 g/mol. The zero-order valence-corrected chi connectivity index (χ0v) is 13.8. The number of nitrogens with two attached hydrogens (primary N) is 1. The van der Waals surface area contributed by atoms with Crippen LogP contribution in [0.4, 0.5) is 4.79 Å². The summed E-state index contributed by atoms with van der Waals surface area (Å²) in [6, 6.07) is 12.4. The summed E-state index contributed by atoms with van der Waals surface area (Å²) in [5.41, 5.74) is 6.36. The minimum absolute atomic E-state index is 0.0817. The molecule has 8 nitrogen and oxygen atoms in total. The largest absolute Gasteiger partial charge is 0.368 e. The predicted octanol–water partition coefficient (Wildman–Crippen LogP) is 2.11. The molecule has 0 radical (unpaired) electrons. The highest BCUT2D eigenvalue weighted by Crippen LogP contribution is 2.45. The molecular formula is C16H15N3O5S. The Kier molecular flexibility index (Phi) is 4.75. The Morgan fingerprint density at radius 3 is 2.72 bits per heavy atom. The molecule has 0 bridgehead atoms. The third kappa shape index (κ3) is 3.36. The van der Waals surface area contributed by atoms with E-state index in [0.717, 1.165) is 28.1 Å². The lowest BCUT2D eigenvalue weighted by atomic mass is 9.97. The first-order valence-corrected chi connectivity index (χ1v) is 8.38. The maximum atomic E-state index is 12.3. The Bertz CT molecular complexity index is 838. The van der Waals surface area contributed by atoms with Gasteiger partial charge in [-0.3, -0.25) is 9.59 Å². The number of primary amides is 1. The molecule has 1 fully saturated rings. The summed E-state index contributed by atoms with van der Waals surface area (Å²) in [4.78, 5) is 40.1. The smallest absolute Gasteiger partial charge is 0.294 e. The SMILES string of the molecule is NC(=O)C1C(c2cccc3ccccc23)SC(=O)N1CCO[N+](=O)[O-]. The van der Waals surface area contributed by atoms with Gasteiger partial charge in [0.2, 0.25) is 5.91 Å². The Morgan fingerprint density at radius 2 is 2.00 bits per heavy atom. The first kappa shape index (κ1) is 17.0. The molecule has 3 rings (SSSR count). The molecule has 0 saturated carbocycles. The van der Waals surface area contributed by atoms with Crippen LogP contribution in [-0.4, -0.2) is 40.3 Å². The van der Waals surface area contributed by atoms with E-state index in [-0.39, 0.29) is 18.4 Å². The average Bonchev–Trinajstić information content (AvgIpc) is 2.91. The van der Waals surface area contributed by atoms with Crippen LogP contribution in [0.1, 0.15) is 10.8 Å². The Labute approximate surface area is 147 Å². The lowest BCUT2D eigenvalue weighted by Crippen LogP contribution is -2.45. The van der Waals surface area contributed by atoms with Crippen molar-refractivity contribution >= 4 is 33.7 Å². The Balaban J connectivity index is 1.94. The lowest BCUT2D eigenvalue weighted by Gasteiger charge is -2.24. The van der Waals surface area contributed by atoms with Crippen molar-refractivity contribution in [3.05, 3.63) is 58.1 Å². The molecule has 2 aromatic rings. The molecule has 1 saturated heterocycles. The molecule has 0 aromatic heterocycles. The number of fused-ring (bicyclic) bond motifs is 1. The van der Waals surface area contributed by atoms with Gasteiger partial charge in [0.1, 0.15) is 12.6 Å². The van der Waals surface area contributed by atoms with E-state index in [1.54, 1.807) is 0 Å². The number of hydrogen-bond donors (Lipinski definition) is 1. The van der Waals surface area contributed by atoms with Gasteiger partial charge < -0.3 is 15.5 Å². The van der Waals surface area contributed by atoms with Gasteiger partial charge >= 0.3 is 0 Å². The van der Waals surface area contributed by atoms with Gasteiger partial charge in [-0.2, -0.15) is 0 Å². The summed E-state index contributed by atoms with van der Waals surface area (Å²) >= 11 is 0.998. The van der Waals surface area contributed by atoms with Crippen molar-refractivity contribution in [3.63, 3.8) is 0 Å². The van der Waals surface area contributed by atoms with Crippen molar-refractivity contribution in [3.8, 4) is 0 Å². The normalized spacial score (nSPS) is 20.0. The number of thioether (sulfide) groups is 1. The third-order valence-electron chi connectivity index (χ3n) is 4.04. The molecule has 2 atom stereocenters. The van der Waals surface area contributed by atoms with Gasteiger partial charge in [0.25, 0.3) is 10.3 Å². The number of carbonyl (C=O) groups excluding carboxylic acids is 2. The minimum Gasteiger partial charge on any atom is -0.368 e. The summed E-state index contributed by atoms with van der Waals surface area (Å²) in [6.45, 7) is -0.396. The summed E-state index contributed by atoms with van der Waals surface area (Å²) in [5.74, 6) is -0.655. The van der Waals surface area contributed by atoms with E-state index in [1.807, 2.05) is 42.5 Å². The maximum Gasteiger partial charge on any atom is 0.294 e. The van der Waals surface area contributed by atoms with Gasteiger partial charge in [-0.05, 0) is 16.3 Å². The quantitative estimate of drug-likeness (QED) is 0.622. The van der Waals surface area contributed by atoms with Crippen LogP contribution < -0.4 is 5.73 Å². The zero-order chi connectivity index (χ0) is 18.0. The van der Waals surface area contributed by atoms with Crippen molar-refractivity contribution in [2.45, 2.75) is 11.3 Å². The van der Waals surface area contributed by atoms with Crippen LogP contribution in [0.25, 0.3) is 10.8 Å².